The summed E-state index contributed by atoms with van der Waals surface area (Å²) in [6, 6.07) is 1.22. The zero-order valence-corrected chi connectivity index (χ0v) is 12.3. The first kappa shape index (κ1) is 16.0. The molecule has 1 aromatic heterocycles. The van der Waals surface area contributed by atoms with Crippen molar-refractivity contribution >= 4 is 25.7 Å². The molecule has 0 aliphatic heterocycles. The van der Waals surface area contributed by atoms with Crippen molar-refractivity contribution in [3.8, 4) is 0 Å². The Bertz CT molecular complexity index is 537. The third-order valence-electron chi connectivity index (χ3n) is 2.35. The van der Waals surface area contributed by atoms with Gasteiger partial charge in [0, 0.05) is 30.5 Å². The van der Waals surface area contributed by atoms with Crippen molar-refractivity contribution in [3.05, 3.63) is 18.0 Å². The molecule has 1 heterocycles. The molecule has 0 aliphatic rings. The van der Waals surface area contributed by atoms with E-state index >= 15 is 0 Å². The first-order valence-electron chi connectivity index (χ1n) is 5.71. The molecule has 108 valence electrons. The fourth-order valence-corrected chi connectivity index (χ4v) is 2.26. The summed E-state index contributed by atoms with van der Waals surface area (Å²) < 4.78 is 33.8. The van der Waals surface area contributed by atoms with E-state index in [1.165, 1.54) is 23.9 Å². The van der Waals surface area contributed by atoms with Gasteiger partial charge >= 0.3 is 5.97 Å². The van der Waals surface area contributed by atoms with Gasteiger partial charge in [0.15, 0.2) is 0 Å². The van der Waals surface area contributed by atoms with Crippen molar-refractivity contribution in [1.82, 2.24) is 4.57 Å². The van der Waals surface area contributed by atoms with Gasteiger partial charge in [-0.3, -0.25) is 0 Å². The first-order chi connectivity index (χ1) is 8.90. The van der Waals surface area contributed by atoms with E-state index in [-0.39, 0.29) is 23.8 Å². The molecule has 6 nitrogen and oxygen atoms in total. The molecule has 0 saturated carbocycles. The summed E-state index contributed by atoms with van der Waals surface area (Å²) in [5.41, 5.74) is 0.164. The molecular weight excluding hydrogens is 294 g/mol. The van der Waals surface area contributed by atoms with Gasteiger partial charge in [-0.25, -0.2) is 13.2 Å². The maximum absolute atomic E-state index is 11.8. The van der Waals surface area contributed by atoms with Gasteiger partial charge in [-0.15, -0.1) is 0 Å². The monoisotopic (exact) mass is 309 g/mol. The van der Waals surface area contributed by atoms with E-state index in [1.54, 1.807) is 0 Å². The van der Waals surface area contributed by atoms with Gasteiger partial charge in [-0.1, -0.05) is 6.92 Å². The Balaban J connectivity index is 2.97. The van der Waals surface area contributed by atoms with Crippen LogP contribution in [0.5, 0.6) is 0 Å². The predicted molar refractivity (Wildman–Crippen MR) is 69.9 cm³/mol. The van der Waals surface area contributed by atoms with Crippen LogP contribution in [0.15, 0.2) is 17.2 Å². The van der Waals surface area contributed by atoms with Crippen LogP contribution in [0.3, 0.4) is 0 Å². The van der Waals surface area contributed by atoms with E-state index in [2.05, 4.69) is 0 Å². The normalized spacial score (nSPS) is 11.5. The molecule has 0 amide bonds. The maximum Gasteiger partial charge on any atom is 0.355 e. The number of halogens is 1. The molecule has 0 radical (unpaired) electrons. The lowest BCUT2D eigenvalue weighted by Crippen LogP contribution is -2.14. The van der Waals surface area contributed by atoms with Crippen LogP contribution in [0.25, 0.3) is 0 Å². The lowest BCUT2D eigenvalue weighted by atomic mass is 10.4. The van der Waals surface area contributed by atoms with Crippen molar-refractivity contribution in [2.45, 2.75) is 24.8 Å². The number of aryl methyl sites for hydroxylation is 1. The van der Waals surface area contributed by atoms with Crippen molar-refractivity contribution in [2.75, 3.05) is 20.3 Å². The van der Waals surface area contributed by atoms with E-state index in [0.717, 1.165) is 6.42 Å². The van der Waals surface area contributed by atoms with Gasteiger partial charge in [0.1, 0.15) is 17.2 Å². The molecule has 0 fully saturated rings. The third-order valence-corrected chi connectivity index (χ3v) is 3.67. The zero-order valence-electron chi connectivity index (χ0n) is 10.8. The fourth-order valence-electron chi connectivity index (χ4n) is 1.51. The second-order valence-electron chi connectivity index (χ2n) is 3.82. The quantitative estimate of drug-likeness (QED) is 0.435. The molecule has 1 aromatic rings. The summed E-state index contributed by atoms with van der Waals surface area (Å²) in [6.07, 6.45) is 2.08. The van der Waals surface area contributed by atoms with Crippen LogP contribution in [-0.2, 0) is 25.1 Å². The van der Waals surface area contributed by atoms with Crippen LogP contribution in [0, 0.1) is 0 Å². The Hall–Kier alpha value is -1.05. The molecule has 0 saturated heterocycles. The lowest BCUT2D eigenvalue weighted by Gasteiger charge is -2.07. The summed E-state index contributed by atoms with van der Waals surface area (Å²) in [4.78, 5) is 11.7. The SMILES string of the molecule is CCCn1cc(S(=O)(=O)Cl)cc1C(=O)OCCOC. The molecule has 0 unspecified atom stereocenters. The number of hydrogen-bond donors (Lipinski definition) is 0. The highest BCUT2D eigenvalue weighted by molar-refractivity contribution is 8.13. The number of esters is 1. The number of carbonyl (C=O) groups is 1. The molecule has 8 heteroatoms. The average Bonchev–Trinajstić information content (AvgIpc) is 2.73. The van der Waals surface area contributed by atoms with E-state index in [4.69, 9.17) is 20.2 Å². The van der Waals surface area contributed by atoms with E-state index in [1.807, 2.05) is 6.92 Å². The van der Waals surface area contributed by atoms with Crippen LogP contribution in [0.4, 0.5) is 0 Å². The van der Waals surface area contributed by atoms with Crippen LogP contribution >= 0.6 is 10.7 Å². The smallest absolute Gasteiger partial charge is 0.355 e. The molecular formula is C11H16ClNO5S. The highest BCUT2D eigenvalue weighted by Crippen LogP contribution is 2.19. The highest BCUT2D eigenvalue weighted by atomic mass is 35.7. The summed E-state index contributed by atoms with van der Waals surface area (Å²) >= 11 is 0. The van der Waals surface area contributed by atoms with E-state index < -0.39 is 15.0 Å². The molecule has 0 bridgehead atoms. The first-order valence-corrected chi connectivity index (χ1v) is 8.02. The topological polar surface area (TPSA) is 74.6 Å². The van der Waals surface area contributed by atoms with Crippen molar-refractivity contribution < 1.29 is 22.7 Å². The van der Waals surface area contributed by atoms with Crippen LogP contribution in [-0.4, -0.2) is 39.3 Å². The van der Waals surface area contributed by atoms with E-state index in [0.29, 0.717) is 6.54 Å². The predicted octanol–water partition coefficient (Wildman–Crippen LogP) is 1.63. The van der Waals surface area contributed by atoms with E-state index in [9.17, 15) is 13.2 Å². The minimum atomic E-state index is -3.86. The number of aromatic nitrogens is 1. The largest absolute Gasteiger partial charge is 0.459 e. The molecule has 19 heavy (non-hydrogen) atoms. The Kier molecular flexibility index (Phi) is 5.84. The lowest BCUT2D eigenvalue weighted by molar-refractivity contribution is 0.0376. The van der Waals surface area contributed by atoms with Crippen LogP contribution in [0.2, 0.25) is 0 Å². The zero-order chi connectivity index (χ0) is 14.5. The third kappa shape index (κ3) is 4.52. The van der Waals surface area contributed by atoms with Crippen molar-refractivity contribution in [1.29, 1.82) is 0 Å². The van der Waals surface area contributed by atoms with Crippen molar-refractivity contribution in [3.63, 3.8) is 0 Å². The maximum atomic E-state index is 11.8. The van der Waals surface area contributed by atoms with Gasteiger partial charge in [-0.2, -0.15) is 0 Å². The van der Waals surface area contributed by atoms with Crippen LogP contribution in [0.1, 0.15) is 23.8 Å². The van der Waals surface area contributed by atoms with Gasteiger partial charge < -0.3 is 14.0 Å². The minimum absolute atomic E-state index is 0.107. The van der Waals surface area contributed by atoms with Gasteiger partial charge in [0.05, 0.1) is 6.61 Å². The highest BCUT2D eigenvalue weighted by Gasteiger charge is 2.20. The number of rotatable bonds is 7. The molecule has 0 atom stereocenters. The number of nitrogens with zero attached hydrogens (tertiary/aromatic N) is 1. The second-order valence-corrected chi connectivity index (χ2v) is 6.39. The number of ether oxygens (including phenoxy) is 2. The Labute approximate surface area is 116 Å². The standard InChI is InChI=1S/C11H16ClNO5S/c1-3-4-13-8-9(19(12,15)16)7-10(13)11(14)18-6-5-17-2/h7-8H,3-6H2,1-2H3. The summed E-state index contributed by atoms with van der Waals surface area (Å²) in [5.74, 6) is -0.600. The average molecular weight is 310 g/mol. The van der Waals surface area contributed by atoms with Crippen molar-refractivity contribution in [2.24, 2.45) is 0 Å². The number of carbonyl (C=O) groups excluding carboxylic acids is 1. The second kappa shape index (κ2) is 6.93. The Morgan fingerprint density at radius 2 is 2.11 bits per heavy atom. The number of methoxy groups -OCH3 is 1. The van der Waals surface area contributed by atoms with Gasteiger partial charge in [0.2, 0.25) is 0 Å². The van der Waals surface area contributed by atoms with Crippen LogP contribution < -0.4 is 0 Å². The molecule has 0 aromatic carbocycles. The fraction of sp³-hybridized carbons (Fsp3) is 0.545. The minimum Gasteiger partial charge on any atom is -0.459 e. The number of hydrogen-bond acceptors (Lipinski definition) is 5. The molecule has 0 N–H and O–H groups in total. The molecule has 1 rings (SSSR count). The summed E-state index contributed by atoms with van der Waals surface area (Å²) in [6.45, 7) is 2.80. The summed E-state index contributed by atoms with van der Waals surface area (Å²) in [7, 11) is 2.89. The van der Waals surface area contributed by atoms with Gasteiger partial charge in [0.25, 0.3) is 9.05 Å². The summed E-state index contributed by atoms with van der Waals surface area (Å²) in [5, 5.41) is 0. The van der Waals surface area contributed by atoms with Gasteiger partial charge in [-0.05, 0) is 12.5 Å². The molecule has 0 spiro atoms. The Morgan fingerprint density at radius 3 is 2.63 bits per heavy atom. The Morgan fingerprint density at radius 1 is 1.42 bits per heavy atom. The molecule has 0 aliphatic carbocycles.